The summed E-state index contributed by atoms with van der Waals surface area (Å²) in [6.45, 7) is 10.2. The fraction of sp³-hybridized carbons (Fsp3) is 0.340. The molecular weight excluding hydrogens is 790 g/mol. The molecule has 2 aromatic heterocycles. The topological polar surface area (TPSA) is 168 Å². The lowest BCUT2D eigenvalue weighted by Gasteiger charge is -2.39. The molecule has 2 N–H and O–H groups in total. The Morgan fingerprint density at radius 1 is 0.852 bits per heavy atom. The van der Waals surface area contributed by atoms with Crippen molar-refractivity contribution < 1.29 is 28.3 Å². The molecule has 61 heavy (non-hydrogen) atoms. The number of fused-ring (bicyclic) bond motifs is 1. The average molecular weight is 844 g/mol. The number of imidazole rings is 1. The third-order valence-corrected chi connectivity index (χ3v) is 14.2. The van der Waals surface area contributed by atoms with Crippen molar-refractivity contribution in [2.75, 3.05) is 38.9 Å². The number of benzene rings is 4. The molecule has 0 amide bonds. The second kappa shape index (κ2) is 20.1. The number of rotatable bonds is 20. The molecule has 0 spiro atoms. The summed E-state index contributed by atoms with van der Waals surface area (Å²) in [6, 6.07) is 32.9. The lowest BCUT2D eigenvalue weighted by Crippen LogP contribution is -2.39. The van der Waals surface area contributed by atoms with E-state index < -0.39 is 19.6 Å². The number of carbonyl (C=O) groups excluding carboxylic acids is 1. The van der Waals surface area contributed by atoms with Gasteiger partial charge in [0.2, 0.25) is 11.6 Å². The van der Waals surface area contributed by atoms with Crippen LogP contribution in [-0.4, -0.2) is 81.3 Å². The highest BCUT2D eigenvalue weighted by Crippen LogP contribution is 2.53. The summed E-state index contributed by atoms with van der Waals surface area (Å²) in [7, 11) is 0.0750. The van der Waals surface area contributed by atoms with Gasteiger partial charge in [-0.05, 0) is 92.8 Å². The van der Waals surface area contributed by atoms with Crippen LogP contribution < -0.4 is 15.2 Å². The lowest BCUT2D eigenvalue weighted by atomic mass is 9.94. The number of nitrogen functional groups attached to an aromatic ring is 1. The van der Waals surface area contributed by atoms with Crippen molar-refractivity contribution in [3.63, 3.8) is 0 Å². The molecular formula is C47H54N7O6P. The Balaban J connectivity index is 1.33. The molecule has 0 aliphatic carbocycles. The van der Waals surface area contributed by atoms with E-state index in [0.717, 1.165) is 39.3 Å². The summed E-state index contributed by atoms with van der Waals surface area (Å²) in [4.78, 5) is 26.8. The molecule has 4 aromatic carbocycles. The minimum atomic E-state index is -3.21. The first kappa shape index (κ1) is 44.6. The standard InChI is InChI=1S/C47H54N7O6P/c1-31(2)54(32(3)4)61(56,25-11-24-48)29-41(60-33(5)53-30-50-43-45(49)51-46(52-47(43)53)44(55)36-12-9-8-10-13-36)28-59-27-38-15-14-37(34-16-20-39(57-6)21-17-34)26-42(38)35-18-22-40(58-7)23-19-35/h8-10,12-23,26,30-33,41H,11,25,27-29H2,1-7H3,(H2,49,51,52). The number of nitriles is 1. The minimum absolute atomic E-state index is 0.0578. The van der Waals surface area contributed by atoms with Gasteiger partial charge in [0.25, 0.3) is 0 Å². The highest BCUT2D eigenvalue weighted by Gasteiger charge is 2.37. The Morgan fingerprint density at radius 2 is 1.48 bits per heavy atom. The van der Waals surface area contributed by atoms with E-state index in [9.17, 15) is 10.1 Å². The quantitative estimate of drug-likeness (QED) is 0.0572. The summed E-state index contributed by atoms with van der Waals surface area (Å²) in [5, 5.41) is 9.67. The number of hydrogen-bond acceptors (Lipinski definition) is 11. The molecule has 0 saturated carbocycles. The third kappa shape index (κ3) is 10.5. The predicted octanol–water partition coefficient (Wildman–Crippen LogP) is 9.42. The van der Waals surface area contributed by atoms with E-state index in [0.29, 0.717) is 16.7 Å². The molecule has 0 bridgehead atoms. The van der Waals surface area contributed by atoms with Gasteiger partial charge in [-0.3, -0.25) is 9.36 Å². The largest absolute Gasteiger partial charge is 0.497 e. The first-order valence-corrected chi connectivity index (χ1v) is 22.4. The number of carbonyl (C=O) groups is 1. The Hall–Kier alpha value is -5.90. The van der Waals surface area contributed by atoms with E-state index in [4.69, 9.17) is 24.7 Å². The molecule has 13 nitrogen and oxygen atoms in total. The van der Waals surface area contributed by atoms with Crippen molar-refractivity contribution in [2.24, 2.45) is 0 Å². The number of aromatic nitrogens is 4. The third-order valence-electron chi connectivity index (χ3n) is 10.5. The van der Waals surface area contributed by atoms with Crippen LogP contribution in [0.15, 0.2) is 103 Å². The fourth-order valence-corrected chi connectivity index (χ4v) is 11.4. The van der Waals surface area contributed by atoms with Crippen LogP contribution in [0.4, 0.5) is 5.82 Å². The normalized spacial score (nSPS) is 13.6. The second-order valence-electron chi connectivity index (χ2n) is 15.4. The molecule has 0 aliphatic heterocycles. The summed E-state index contributed by atoms with van der Waals surface area (Å²) < 4.78 is 43.1. The molecule has 14 heteroatoms. The predicted molar refractivity (Wildman–Crippen MR) is 239 cm³/mol. The fourth-order valence-electron chi connectivity index (χ4n) is 7.79. The molecule has 318 valence electrons. The smallest absolute Gasteiger partial charge is 0.230 e. The van der Waals surface area contributed by atoms with Crippen LogP contribution >= 0.6 is 7.29 Å². The number of nitrogens with two attached hydrogens (primary N) is 1. The number of ether oxygens (including phenoxy) is 4. The number of nitrogens with zero attached hydrogens (tertiary/aromatic N) is 6. The molecule has 0 saturated heterocycles. The summed E-state index contributed by atoms with van der Waals surface area (Å²) in [5.41, 5.74) is 12.4. The zero-order chi connectivity index (χ0) is 43.7. The highest BCUT2D eigenvalue weighted by molar-refractivity contribution is 7.61. The van der Waals surface area contributed by atoms with Gasteiger partial charge in [0.1, 0.15) is 23.2 Å². The van der Waals surface area contributed by atoms with E-state index in [1.54, 1.807) is 49.4 Å². The monoisotopic (exact) mass is 843 g/mol. The Bertz CT molecular complexity index is 2490. The molecule has 0 fully saturated rings. The molecule has 0 radical (unpaired) electrons. The zero-order valence-corrected chi connectivity index (χ0v) is 36.7. The minimum Gasteiger partial charge on any atom is -0.497 e. The van der Waals surface area contributed by atoms with Gasteiger partial charge < -0.3 is 29.2 Å². The van der Waals surface area contributed by atoms with Gasteiger partial charge in [0.15, 0.2) is 18.8 Å². The molecule has 3 atom stereocenters. The van der Waals surface area contributed by atoms with Crippen LogP contribution in [0.1, 0.15) is 69.0 Å². The SMILES string of the molecule is COc1ccc(-c2ccc(COCC(CP(=O)(CCC#N)N(C(C)C)C(C)C)OC(C)n3cnc4c(N)nc(C(=O)c5ccccc5)nc43)c(-c3ccc(OC)cc3)c2)cc1. The summed E-state index contributed by atoms with van der Waals surface area (Å²) in [6.07, 6.45) is 0.573. The van der Waals surface area contributed by atoms with Crippen molar-refractivity contribution >= 4 is 30.1 Å². The van der Waals surface area contributed by atoms with Crippen molar-refractivity contribution in [1.29, 1.82) is 5.26 Å². The zero-order valence-electron chi connectivity index (χ0n) is 35.8. The Labute approximate surface area is 357 Å². The van der Waals surface area contributed by atoms with Crippen molar-refractivity contribution in [1.82, 2.24) is 24.2 Å². The summed E-state index contributed by atoms with van der Waals surface area (Å²) >= 11 is 0. The van der Waals surface area contributed by atoms with E-state index in [-0.39, 0.29) is 61.5 Å². The molecule has 0 aliphatic rings. The van der Waals surface area contributed by atoms with Crippen LogP contribution in [0.3, 0.4) is 0 Å². The Morgan fingerprint density at radius 3 is 2.08 bits per heavy atom. The highest BCUT2D eigenvalue weighted by atomic mass is 31.2. The van der Waals surface area contributed by atoms with Crippen LogP contribution in [0, 0.1) is 11.3 Å². The van der Waals surface area contributed by atoms with Gasteiger partial charge in [0.05, 0.1) is 45.9 Å². The van der Waals surface area contributed by atoms with E-state index in [1.807, 2.05) is 93.9 Å². The van der Waals surface area contributed by atoms with Crippen LogP contribution in [-0.2, 0) is 20.6 Å². The molecule has 3 unspecified atom stereocenters. The van der Waals surface area contributed by atoms with Gasteiger partial charge in [-0.2, -0.15) is 5.26 Å². The van der Waals surface area contributed by atoms with Crippen molar-refractivity contribution in [2.45, 2.75) is 72.1 Å². The van der Waals surface area contributed by atoms with E-state index in [1.165, 1.54) is 0 Å². The maximum atomic E-state index is 15.2. The Kier molecular flexibility index (Phi) is 14.7. The molecule has 6 rings (SSSR count). The number of hydrogen-bond donors (Lipinski definition) is 1. The van der Waals surface area contributed by atoms with Gasteiger partial charge in [0, 0.05) is 36.4 Å². The van der Waals surface area contributed by atoms with E-state index >= 15 is 4.57 Å². The first-order valence-electron chi connectivity index (χ1n) is 20.3. The van der Waals surface area contributed by atoms with Gasteiger partial charge in [-0.1, -0.05) is 66.7 Å². The van der Waals surface area contributed by atoms with Crippen molar-refractivity contribution in [3.05, 3.63) is 120 Å². The maximum absolute atomic E-state index is 15.2. The number of anilines is 1. The van der Waals surface area contributed by atoms with Gasteiger partial charge >= 0.3 is 0 Å². The summed E-state index contributed by atoms with van der Waals surface area (Å²) in [5.74, 6) is 1.14. The van der Waals surface area contributed by atoms with Gasteiger partial charge in [-0.25, -0.2) is 19.6 Å². The average Bonchev–Trinajstić information content (AvgIpc) is 3.70. The van der Waals surface area contributed by atoms with Crippen LogP contribution in [0.5, 0.6) is 11.5 Å². The first-order chi connectivity index (χ1) is 29.3. The molecule has 2 heterocycles. The van der Waals surface area contributed by atoms with Gasteiger partial charge in [-0.15, -0.1) is 0 Å². The van der Waals surface area contributed by atoms with Crippen molar-refractivity contribution in [3.8, 4) is 39.8 Å². The van der Waals surface area contributed by atoms with E-state index in [2.05, 4.69) is 39.2 Å². The lowest BCUT2D eigenvalue weighted by molar-refractivity contribution is -0.0713. The number of methoxy groups -OCH3 is 2. The van der Waals surface area contributed by atoms with Crippen LogP contribution in [0.25, 0.3) is 33.4 Å². The second-order valence-corrected chi connectivity index (χ2v) is 18.3. The molecule has 6 aromatic rings. The number of ketones is 1. The van der Waals surface area contributed by atoms with Crippen LogP contribution in [0.2, 0.25) is 0 Å². The maximum Gasteiger partial charge on any atom is 0.230 e.